The molecule has 1 aromatic carbocycles. The molecule has 19 heavy (non-hydrogen) atoms. The number of nitrogens with zero attached hydrogens (tertiary/aromatic N) is 1. The summed E-state index contributed by atoms with van der Waals surface area (Å²) in [5.41, 5.74) is 1.79. The van der Waals surface area contributed by atoms with E-state index in [9.17, 15) is 5.11 Å². The van der Waals surface area contributed by atoms with Gasteiger partial charge in [-0.1, -0.05) is 39.0 Å². The highest BCUT2D eigenvalue weighted by Gasteiger charge is 2.19. The Morgan fingerprint density at radius 2 is 1.84 bits per heavy atom. The molecule has 0 unspecified atom stereocenters. The largest absolute Gasteiger partial charge is 0.438 e. The second-order valence-corrected chi connectivity index (χ2v) is 5.47. The summed E-state index contributed by atoms with van der Waals surface area (Å²) in [6, 6.07) is 11.5. The van der Waals surface area contributed by atoms with Gasteiger partial charge in [-0.05, 0) is 23.6 Å². The average Bonchev–Trinajstić information content (AvgIpc) is 2.39. The predicted molar refractivity (Wildman–Crippen MR) is 75.4 cm³/mol. The molecule has 0 radical (unpaired) electrons. The molecule has 0 aliphatic carbocycles. The number of aliphatic hydroxyl groups excluding tert-OH is 1. The van der Waals surface area contributed by atoms with Gasteiger partial charge >= 0.3 is 0 Å². The average molecular weight is 257 g/mol. The smallest absolute Gasteiger partial charge is 0.224 e. The summed E-state index contributed by atoms with van der Waals surface area (Å²) < 4.78 is 5.89. The van der Waals surface area contributed by atoms with Gasteiger partial charge in [0.25, 0.3) is 0 Å². The van der Waals surface area contributed by atoms with Gasteiger partial charge in [0.05, 0.1) is 6.61 Å². The van der Waals surface area contributed by atoms with Crippen LogP contribution >= 0.6 is 0 Å². The maximum atomic E-state index is 9.31. The number of aliphatic hydroxyl groups is 1. The zero-order valence-electron chi connectivity index (χ0n) is 11.6. The fraction of sp³-hybridized carbons (Fsp3) is 0.312. The van der Waals surface area contributed by atoms with Gasteiger partial charge in [0, 0.05) is 17.3 Å². The lowest BCUT2D eigenvalue weighted by molar-refractivity contribution is 0.274. The Bertz CT molecular complexity index is 559. The lowest BCUT2D eigenvalue weighted by Crippen LogP contribution is -2.12. The van der Waals surface area contributed by atoms with Crippen LogP contribution in [0.3, 0.4) is 0 Å². The maximum absolute atomic E-state index is 9.31. The van der Waals surface area contributed by atoms with E-state index in [1.807, 2.05) is 24.3 Å². The van der Waals surface area contributed by atoms with Crippen molar-refractivity contribution >= 4 is 0 Å². The number of ether oxygens (including phenoxy) is 1. The summed E-state index contributed by atoms with van der Waals surface area (Å²) in [5.74, 6) is 1.24. The molecule has 2 rings (SSSR count). The third-order valence-electron chi connectivity index (χ3n) is 2.92. The van der Waals surface area contributed by atoms with Gasteiger partial charge in [-0.2, -0.15) is 0 Å². The molecule has 0 aliphatic rings. The van der Waals surface area contributed by atoms with Gasteiger partial charge in [0.1, 0.15) is 5.75 Å². The number of hydrogen-bond acceptors (Lipinski definition) is 3. The number of rotatable bonds is 3. The molecule has 0 aliphatic heterocycles. The fourth-order valence-electron chi connectivity index (χ4n) is 1.92. The Morgan fingerprint density at radius 3 is 2.53 bits per heavy atom. The van der Waals surface area contributed by atoms with Crippen molar-refractivity contribution in [3.8, 4) is 11.6 Å². The highest BCUT2D eigenvalue weighted by Crippen LogP contribution is 2.34. The van der Waals surface area contributed by atoms with Crippen LogP contribution in [-0.2, 0) is 12.0 Å². The number of pyridine rings is 1. The summed E-state index contributed by atoms with van der Waals surface area (Å²) >= 11 is 0. The van der Waals surface area contributed by atoms with Crippen molar-refractivity contribution < 1.29 is 9.84 Å². The summed E-state index contributed by atoms with van der Waals surface area (Å²) in [5, 5.41) is 9.31. The molecule has 1 N–H and O–H groups in total. The van der Waals surface area contributed by atoms with Crippen molar-refractivity contribution in [3.63, 3.8) is 0 Å². The van der Waals surface area contributed by atoms with E-state index in [1.54, 1.807) is 12.3 Å². The Hall–Kier alpha value is -1.87. The first kappa shape index (κ1) is 13.6. The van der Waals surface area contributed by atoms with Crippen LogP contribution in [0.15, 0.2) is 42.6 Å². The Kier molecular flexibility index (Phi) is 3.86. The number of benzene rings is 1. The molecule has 0 amide bonds. The zero-order valence-corrected chi connectivity index (χ0v) is 11.6. The van der Waals surface area contributed by atoms with Gasteiger partial charge in [0.15, 0.2) is 0 Å². The van der Waals surface area contributed by atoms with Gasteiger partial charge in [-0.25, -0.2) is 4.98 Å². The van der Waals surface area contributed by atoms with Crippen LogP contribution in [0, 0.1) is 0 Å². The van der Waals surface area contributed by atoms with Crippen LogP contribution < -0.4 is 4.74 Å². The summed E-state index contributed by atoms with van der Waals surface area (Å²) in [4.78, 5) is 4.19. The van der Waals surface area contributed by atoms with E-state index < -0.39 is 0 Å². The highest BCUT2D eigenvalue weighted by molar-refractivity contribution is 5.41. The lowest BCUT2D eigenvalue weighted by atomic mass is 9.86. The van der Waals surface area contributed by atoms with Crippen molar-refractivity contribution in [3.05, 3.63) is 53.7 Å². The summed E-state index contributed by atoms with van der Waals surface area (Å²) in [6.07, 6.45) is 1.66. The molecule has 1 aromatic heterocycles. The molecule has 0 spiro atoms. The van der Waals surface area contributed by atoms with Crippen molar-refractivity contribution in [1.29, 1.82) is 0 Å². The minimum atomic E-state index is -0.0825. The van der Waals surface area contributed by atoms with Gasteiger partial charge in [-0.15, -0.1) is 0 Å². The number of para-hydroxylation sites is 1. The van der Waals surface area contributed by atoms with E-state index in [0.29, 0.717) is 11.4 Å². The monoisotopic (exact) mass is 257 g/mol. The highest BCUT2D eigenvalue weighted by atomic mass is 16.5. The third-order valence-corrected chi connectivity index (χ3v) is 2.92. The van der Waals surface area contributed by atoms with Gasteiger partial charge in [0.2, 0.25) is 5.88 Å². The first-order chi connectivity index (χ1) is 9.02. The third kappa shape index (κ3) is 3.12. The quantitative estimate of drug-likeness (QED) is 0.912. The molecule has 3 heteroatoms. The van der Waals surface area contributed by atoms with Crippen LogP contribution in [0.2, 0.25) is 0 Å². The number of hydrogen-bond donors (Lipinski definition) is 1. The van der Waals surface area contributed by atoms with Crippen molar-refractivity contribution in [2.45, 2.75) is 32.8 Å². The predicted octanol–water partition coefficient (Wildman–Crippen LogP) is 3.66. The maximum Gasteiger partial charge on any atom is 0.224 e. The van der Waals surface area contributed by atoms with E-state index in [2.05, 4.69) is 31.8 Å². The standard InChI is InChI=1S/C16H19NO2/c1-16(2,3)13-8-4-5-9-14(13)19-15-12(11-18)7-6-10-17-15/h4-10,18H,11H2,1-3H3. The van der Waals surface area contributed by atoms with E-state index in [-0.39, 0.29) is 12.0 Å². The van der Waals surface area contributed by atoms with Crippen molar-refractivity contribution in [2.75, 3.05) is 0 Å². The molecule has 0 bridgehead atoms. The molecule has 0 saturated heterocycles. The van der Waals surface area contributed by atoms with Crippen LogP contribution in [0.1, 0.15) is 31.9 Å². The van der Waals surface area contributed by atoms with E-state index >= 15 is 0 Å². The van der Waals surface area contributed by atoms with Crippen molar-refractivity contribution in [1.82, 2.24) is 4.98 Å². The van der Waals surface area contributed by atoms with E-state index in [4.69, 9.17) is 4.74 Å². The minimum absolute atomic E-state index is 0.00917. The van der Waals surface area contributed by atoms with Gasteiger partial charge in [-0.3, -0.25) is 0 Å². The molecule has 2 aromatic rings. The first-order valence-corrected chi connectivity index (χ1v) is 6.34. The topological polar surface area (TPSA) is 42.4 Å². The van der Waals surface area contributed by atoms with E-state index in [0.717, 1.165) is 11.3 Å². The minimum Gasteiger partial charge on any atom is -0.438 e. The number of aromatic nitrogens is 1. The molecular weight excluding hydrogens is 238 g/mol. The SMILES string of the molecule is CC(C)(C)c1ccccc1Oc1ncccc1CO. The zero-order chi connectivity index (χ0) is 13.9. The molecular formula is C16H19NO2. The molecule has 100 valence electrons. The van der Waals surface area contributed by atoms with Gasteiger partial charge < -0.3 is 9.84 Å². The Balaban J connectivity index is 2.39. The van der Waals surface area contributed by atoms with Crippen molar-refractivity contribution in [2.24, 2.45) is 0 Å². The molecule has 0 atom stereocenters. The second kappa shape index (κ2) is 5.41. The molecule has 0 fully saturated rings. The molecule has 1 heterocycles. The summed E-state index contributed by atoms with van der Waals surface area (Å²) in [7, 11) is 0. The van der Waals surface area contributed by atoms with Crippen LogP contribution in [-0.4, -0.2) is 10.1 Å². The normalized spacial score (nSPS) is 11.4. The molecule has 0 saturated carbocycles. The summed E-state index contributed by atoms with van der Waals surface area (Å²) in [6.45, 7) is 6.34. The molecule has 3 nitrogen and oxygen atoms in total. The van der Waals surface area contributed by atoms with Crippen LogP contribution in [0.4, 0.5) is 0 Å². The first-order valence-electron chi connectivity index (χ1n) is 6.34. The van der Waals surface area contributed by atoms with Crippen LogP contribution in [0.5, 0.6) is 11.6 Å². The Labute approximate surface area is 113 Å². The van der Waals surface area contributed by atoms with E-state index in [1.165, 1.54) is 0 Å². The fourth-order valence-corrected chi connectivity index (χ4v) is 1.92. The van der Waals surface area contributed by atoms with Crippen LogP contribution in [0.25, 0.3) is 0 Å². The Morgan fingerprint density at radius 1 is 1.11 bits per heavy atom. The lowest BCUT2D eigenvalue weighted by Gasteiger charge is -2.22. The second-order valence-electron chi connectivity index (χ2n) is 5.47.